The molecule has 0 saturated heterocycles. The highest BCUT2D eigenvalue weighted by Crippen LogP contribution is 2.26. The Morgan fingerprint density at radius 2 is 1.84 bits per heavy atom. The highest BCUT2D eigenvalue weighted by atomic mass is 35.5. The van der Waals surface area contributed by atoms with E-state index in [1.165, 1.54) is 0 Å². The van der Waals surface area contributed by atoms with Crippen molar-refractivity contribution in [1.82, 2.24) is 4.57 Å². The minimum absolute atomic E-state index is 0.533. The van der Waals surface area contributed by atoms with Gasteiger partial charge in [0.25, 0.3) is 0 Å². The maximum atomic E-state index is 6.23. The van der Waals surface area contributed by atoms with E-state index in [1.807, 2.05) is 49.5 Å². The van der Waals surface area contributed by atoms with Crippen LogP contribution in [0.4, 0.5) is 0 Å². The molecule has 3 rings (SSSR count). The van der Waals surface area contributed by atoms with Gasteiger partial charge < -0.3 is 9.30 Å². The zero-order chi connectivity index (χ0) is 13.2. The van der Waals surface area contributed by atoms with Gasteiger partial charge in [0.2, 0.25) is 0 Å². The Balaban J connectivity index is 1.90. The first-order valence-corrected chi connectivity index (χ1v) is 6.54. The first-order chi connectivity index (χ1) is 9.25. The van der Waals surface area contributed by atoms with Gasteiger partial charge in [-0.3, -0.25) is 0 Å². The largest absolute Gasteiger partial charge is 0.487 e. The molecular weight excluding hydrogens is 258 g/mol. The summed E-state index contributed by atoms with van der Waals surface area (Å²) in [6, 6.07) is 17.9. The molecule has 1 aromatic heterocycles. The molecule has 3 heteroatoms. The van der Waals surface area contributed by atoms with Crippen molar-refractivity contribution in [2.24, 2.45) is 7.05 Å². The average Bonchev–Trinajstić information content (AvgIpc) is 2.76. The summed E-state index contributed by atoms with van der Waals surface area (Å²) in [5.41, 5.74) is 2.16. The zero-order valence-corrected chi connectivity index (χ0v) is 11.4. The van der Waals surface area contributed by atoms with Crippen LogP contribution in [0.2, 0.25) is 5.02 Å². The van der Waals surface area contributed by atoms with Gasteiger partial charge >= 0.3 is 0 Å². The summed E-state index contributed by atoms with van der Waals surface area (Å²) in [6.07, 6.45) is 0. The van der Waals surface area contributed by atoms with Crippen LogP contribution in [0.15, 0.2) is 54.6 Å². The van der Waals surface area contributed by atoms with Crippen molar-refractivity contribution in [3.63, 3.8) is 0 Å². The van der Waals surface area contributed by atoms with Gasteiger partial charge in [-0.25, -0.2) is 0 Å². The van der Waals surface area contributed by atoms with Crippen LogP contribution in [-0.4, -0.2) is 4.57 Å². The fraction of sp³-hybridized carbons (Fsp3) is 0.125. The summed E-state index contributed by atoms with van der Waals surface area (Å²) < 4.78 is 7.86. The van der Waals surface area contributed by atoms with E-state index in [1.54, 1.807) is 0 Å². The van der Waals surface area contributed by atoms with Crippen LogP contribution in [0.25, 0.3) is 10.9 Å². The predicted molar refractivity (Wildman–Crippen MR) is 78.7 cm³/mol. The standard InChI is InChI=1S/C16H14ClNO/c1-18-13(11-19-14-7-3-2-4-8-14)10-12-6-5-9-15(17)16(12)18/h2-10H,11H2,1H3. The molecule has 0 atom stereocenters. The molecule has 0 bridgehead atoms. The van der Waals surface area contributed by atoms with Crippen molar-refractivity contribution < 1.29 is 4.74 Å². The molecular formula is C16H14ClNO. The Kier molecular flexibility index (Phi) is 3.18. The molecule has 0 fully saturated rings. The van der Waals surface area contributed by atoms with Gasteiger partial charge in [-0.15, -0.1) is 0 Å². The smallest absolute Gasteiger partial charge is 0.128 e. The quantitative estimate of drug-likeness (QED) is 0.688. The van der Waals surface area contributed by atoms with Crippen molar-refractivity contribution in [3.05, 3.63) is 65.3 Å². The molecule has 0 N–H and O–H groups in total. The molecule has 0 saturated carbocycles. The highest BCUT2D eigenvalue weighted by molar-refractivity contribution is 6.35. The molecule has 0 radical (unpaired) electrons. The molecule has 0 aliphatic rings. The van der Waals surface area contributed by atoms with E-state index in [-0.39, 0.29) is 0 Å². The molecule has 19 heavy (non-hydrogen) atoms. The minimum Gasteiger partial charge on any atom is -0.487 e. The van der Waals surface area contributed by atoms with E-state index >= 15 is 0 Å². The molecule has 0 aliphatic heterocycles. The summed E-state index contributed by atoms with van der Waals surface area (Å²) in [7, 11) is 2.01. The van der Waals surface area contributed by atoms with Gasteiger partial charge in [0.1, 0.15) is 12.4 Å². The summed E-state index contributed by atoms with van der Waals surface area (Å²) in [4.78, 5) is 0. The lowest BCUT2D eigenvalue weighted by atomic mass is 10.2. The van der Waals surface area contributed by atoms with Gasteiger partial charge in [-0.05, 0) is 24.3 Å². The lowest BCUT2D eigenvalue weighted by Crippen LogP contribution is -2.01. The lowest BCUT2D eigenvalue weighted by molar-refractivity contribution is 0.298. The van der Waals surface area contributed by atoms with E-state index in [2.05, 4.69) is 16.7 Å². The van der Waals surface area contributed by atoms with Gasteiger partial charge in [0.05, 0.1) is 16.2 Å². The van der Waals surface area contributed by atoms with Crippen LogP contribution in [0.3, 0.4) is 0 Å². The summed E-state index contributed by atoms with van der Waals surface area (Å²) >= 11 is 6.23. The second-order valence-corrected chi connectivity index (χ2v) is 4.88. The third-order valence-corrected chi connectivity index (χ3v) is 3.54. The molecule has 0 spiro atoms. The summed E-state index contributed by atoms with van der Waals surface area (Å²) in [5, 5.41) is 1.91. The van der Waals surface area contributed by atoms with Crippen LogP contribution < -0.4 is 4.74 Å². The topological polar surface area (TPSA) is 14.2 Å². The number of halogens is 1. The van der Waals surface area contributed by atoms with Crippen molar-refractivity contribution in [2.75, 3.05) is 0 Å². The molecule has 2 aromatic carbocycles. The molecule has 0 unspecified atom stereocenters. The minimum atomic E-state index is 0.533. The zero-order valence-electron chi connectivity index (χ0n) is 10.6. The number of para-hydroxylation sites is 2. The number of aryl methyl sites for hydroxylation is 1. The van der Waals surface area contributed by atoms with E-state index < -0.39 is 0 Å². The number of fused-ring (bicyclic) bond motifs is 1. The van der Waals surface area contributed by atoms with E-state index in [9.17, 15) is 0 Å². The third kappa shape index (κ3) is 2.32. The van der Waals surface area contributed by atoms with Gasteiger partial charge in [-0.1, -0.05) is 41.9 Å². The molecule has 1 heterocycles. The van der Waals surface area contributed by atoms with E-state index in [0.717, 1.165) is 27.4 Å². The SMILES string of the molecule is Cn1c(COc2ccccc2)cc2cccc(Cl)c21. The molecule has 2 nitrogen and oxygen atoms in total. The van der Waals surface area contributed by atoms with Crippen LogP contribution >= 0.6 is 11.6 Å². The van der Waals surface area contributed by atoms with Crippen LogP contribution in [0.5, 0.6) is 5.75 Å². The normalized spacial score (nSPS) is 10.8. The Labute approximate surface area is 117 Å². The second kappa shape index (κ2) is 4.98. The number of hydrogen-bond donors (Lipinski definition) is 0. The summed E-state index contributed by atoms with van der Waals surface area (Å²) in [6.45, 7) is 0.533. The maximum Gasteiger partial charge on any atom is 0.128 e. The third-order valence-electron chi connectivity index (χ3n) is 3.24. The Bertz CT molecular complexity index is 703. The van der Waals surface area contributed by atoms with Crippen LogP contribution in [-0.2, 0) is 13.7 Å². The lowest BCUT2D eigenvalue weighted by Gasteiger charge is -2.07. The monoisotopic (exact) mass is 271 g/mol. The number of ether oxygens (including phenoxy) is 1. The summed E-state index contributed by atoms with van der Waals surface area (Å²) in [5.74, 6) is 0.874. The van der Waals surface area contributed by atoms with Crippen molar-refractivity contribution in [2.45, 2.75) is 6.61 Å². The number of rotatable bonds is 3. The molecule has 96 valence electrons. The van der Waals surface area contributed by atoms with Crippen molar-refractivity contribution >= 4 is 22.5 Å². The second-order valence-electron chi connectivity index (χ2n) is 4.47. The number of hydrogen-bond acceptors (Lipinski definition) is 1. The van der Waals surface area contributed by atoms with E-state index in [0.29, 0.717) is 6.61 Å². The van der Waals surface area contributed by atoms with Crippen LogP contribution in [0, 0.1) is 0 Å². The first-order valence-electron chi connectivity index (χ1n) is 6.16. The first kappa shape index (κ1) is 12.1. The fourth-order valence-electron chi connectivity index (χ4n) is 2.23. The Morgan fingerprint density at radius 3 is 2.58 bits per heavy atom. The molecule has 0 aliphatic carbocycles. The number of aromatic nitrogens is 1. The van der Waals surface area contributed by atoms with Crippen molar-refractivity contribution in [3.8, 4) is 5.75 Å². The fourth-order valence-corrected chi connectivity index (χ4v) is 2.54. The van der Waals surface area contributed by atoms with Crippen molar-refractivity contribution in [1.29, 1.82) is 0 Å². The molecule has 3 aromatic rings. The Hall–Kier alpha value is -1.93. The van der Waals surface area contributed by atoms with Crippen LogP contribution in [0.1, 0.15) is 5.69 Å². The highest BCUT2D eigenvalue weighted by Gasteiger charge is 2.08. The maximum absolute atomic E-state index is 6.23. The van der Waals surface area contributed by atoms with Gasteiger partial charge in [-0.2, -0.15) is 0 Å². The van der Waals surface area contributed by atoms with Gasteiger partial charge in [0, 0.05) is 12.4 Å². The molecule has 0 amide bonds. The number of nitrogens with zero attached hydrogens (tertiary/aromatic N) is 1. The van der Waals surface area contributed by atoms with E-state index in [4.69, 9.17) is 16.3 Å². The van der Waals surface area contributed by atoms with Gasteiger partial charge in [0.15, 0.2) is 0 Å². The predicted octanol–water partition coefficient (Wildman–Crippen LogP) is 4.41. The average molecular weight is 272 g/mol. The number of benzene rings is 2. The Morgan fingerprint density at radius 1 is 1.05 bits per heavy atom.